The molecule has 0 bridgehead atoms. The molecule has 0 aromatic carbocycles. The molecule has 0 aliphatic heterocycles. The minimum atomic E-state index is -5.12. The second kappa shape index (κ2) is 29.9. The molecule has 0 aromatic rings. The van der Waals surface area contributed by atoms with Crippen LogP contribution in [-0.2, 0) is 32.7 Å². The van der Waals surface area contributed by atoms with Gasteiger partial charge in [-0.2, -0.15) is 0 Å². The molecule has 1 fully saturated rings. The lowest BCUT2D eigenvalue weighted by Gasteiger charge is -2.41. The number of phosphoric ester groups is 1. The Bertz CT molecular complexity index is 1170. The van der Waals surface area contributed by atoms with Crippen molar-refractivity contribution in [3.05, 3.63) is 60.8 Å². The molecular formula is C39H65O13P. The highest BCUT2D eigenvalue weighted by atomic mass is 31.2. The number of rotatable bonds is 29. The third kappa shape index (κ3) is 23.2. The molecule has 0 heterocycles. The average Bonchev–Trinajstić information content (AvgIpc) is 3.13. The predicted octanol–water partition coefficient (Wildman–Crippen LogP) is 5.82. The number of esters is 2. The summed E-state index contributed by atoms with van der Waals surface area (Å²) >= 11 is 0. The van der Waals surface area contributed by atoms with Crippen molar-refractivity contribution in [1.82, 2.24) is 0 Å². The Hall–Kier alpha value is -2.45. The van der Waals surface area contributed by atoms with Crippen LogP contribution in [0.5, 0.6) is 0 Å². The van der Waals surface area contributed by atoms with E-state index in [1.165, 1.54) is 6.42 Å². The van der Waals surface area contributed by atoms with Crippen molar-refractivity contribution in [3.8, 4) is 0 Å². The summed E-state index contributed by atoms with van der Waals surface area (Å²) in [5.74, 6) is -1.18. The summed E-state index contributed by atoms with van der Waals surface area (Å²) in [6.07, 6.45) is 20.5. The summed E-state index contributed by atoms with van der Waals surface area (Å²) in [6.45, 7) is 3.03. The van der Waals surface area contributed by atoms with Gasteiger partial charge >= 0.3 is 19.8 Å². The number of carbonyl (C=O) groups is 2. The minimum Gasteiger partial charge on any atom is -0.462 e. The molecule has 53 heavy (non-hydrogen) atoms. The number of phosphoric acid groups is 1. The SMILES string of the molecule is CC/C=C/C/C=C/C/C=C/C/C=C/C/C=C/CCCC(=O)O[C@H](COC(=O)CCCCCCCCC)COP(=O)(O)OC1C(O)C(O)C(O)[C@@H](O)C1O. The van der Waals surface area contributed by atoms with Gasteiger partial charge in [-0.1, -0.05) is 113 Å². The monoisotopic (exact) mass is 772 g/mol. The zero-order valence-corrected chi connectivity index (χ0v) is 32.4. The van der Waals surface area contributed by atoms with Crippen LogP contribution in [0, 0.1) is 0 Å². The lowest BCUT2D eigenvalue weighted by Crippen LogP contribution is -2.64. The zero-order chi connectivity index (χ0) is 39.3. The van der Waals surface area contributed by atoms with Crippen molar-refractivity contribution in [3.63, 3.8) is 0 Å². The fourth-order valence-corrected chi connectivity index (χ4v) is 6.23. The molecule has 0 aromatic heterocycles. The van der Waals surface area contributed by atoms with Crippen LogP contribution in [0.4, 0.5) is 0 Å². The summed E-state index contributed by atoms with van der Waals surface area (Å²) in [5, 5.41) is 49.8. The Labute approximate surface area is 315 Å². The van der Waals surface area contributed by atoms with Crippen LogP contribution in [0.1, 0.15) is 117 Å². The Kier molecular flexibility index (Phi) is 27.4. The molecule has 0 radical (unpaired) electrons. The van der Waals surface area contributed by atoms with Crippen molar-refractivity contribution in [2.45, 2.75) is 159 Å². The smallest absolute Gasteiger partial charge is 0.462 e. The molecule has 6 N–H and O–H groups in total. The number of unbranched alkanes of at least 4 members (excludes halogenated alkanes) is 7. The first-order chi connectivity index (χ1) is 25.4. The van der Waals surface area contributed by atoms with Crippen LogP contribution in [0.25, 0.3) is 0 Å². The highest BCUT2D eigenvalue weighted by molar-refractivity contribution is 7.47. The molecule has 1 rings (SSSR count). The normalized spacial score (nSPS) is 24.2. The third-order valence-electron chi connectivity index (χ3n) is 8.37. The largest absolute Gasteiger partial charge is 0.472 e. The van der Waals surface area contributed by atoms with Gasteiger partial charge in [-0.25, -0.2) is 4.57 Å². The van der Waals surface area contributed by atoms with E-state index in [-0.39, 0.29) is 12.8 Å². The Morgan fingerprint density at radius 1 is 0.604 bits per heavy atom. The number of aliphatic hydroxyl groups is 5. The average molecular weight is 773 g/mol. The number of hydrogen-bond donors (Lipinski definition) is 6. The molecule has 0 spiro atoms. The highest BCUT2D eigenvalue weighted by Gasteiger charge is 2.51. The quantitative estimate of drug-likeness (QED) is 0.0229. The van der Waals surface area contributed by atoms with Crippen LogP contribution in [0.3, 0.4) is 0 Å². The van der Waals surface area contributed by atoms with Gasteiger partial charge in [0.2, 0.25) is 0 Å². The maximum absolute atomic E-state index is 12.7. The topological polar surface area (TPSA) is 210 Å². The summed E-state index contributed by atoms with van der Waals surface area (Å²) in [4.78, 5) is 35.3. The van der Waals surface area contributed by atoms with Gasteiger partial charge in [0, 0.05) is 12.8 Å². The van der Waals surface area contributed by atoms with Gasteiger partial charge in [0.05, 0.1) is 6.61 Å². The number of ether oxygens (including phenoxy) is 2. The first-order valence-electron chi connectivity index (χ1n) is 19.1. The van der Waals surface area contributed by atoms with Gasteiger partial charge in [-0.3, -0.25) is 18.6 Å². The second-order valence-corrected chi connectivity index (χ2v) is 14.5. The third-order valence-corrected chi connectivity index (χ3v) is 9.36. The Balaban J connectivity index is 2.57. The van der Waals surface area contributed by atoms with E-state index in [2.05, 4.69) is 62.5 Å². The minimum absolute atomic E-state index is 0.0165. The summed E-state index contributed by atoms with van der Waals surface area (Å²) in [7, 11) is -5.12. The highest BCUT2D eigenvalue weighted by Crippen LogP contribution is 2.47. The standard InChI is InChI=1S/C39H65O13P/c1-3-5-7-9-11-12-13-14-15-16-17-18-19-20-22-24-26-28-33(41)51-31(29-49-32(40)27-25-23-21-10-8-6-4-2)30-50-53(47,48)52-39-37(45)35(43)34(42)36(44)38(39)46/h5,7,11-12,14-15,17-18,20,22,31,34-39,42-46H,3-4,6,8-10,13,16,19,21,23-30H2,1-2H3,(H,47,48)/b7-5+,12-11+,15-14+,18-17+,22-20+/t31-,34?,35-,36?,37?,38?,39?/m1/s1. The second-order valence-electron chi connectivity index (χ2n) is 13.1. The van der Waals surface area contributed by atoms with E-state index >= 15 is 0 Å². The van der Waals surface area contributed by atoms with Crippen molar-refractivity contribution in [2.24, 2.45) is 0 Å². The number of carbonyl (C=O) groups excluding carboxylic acids is 2. The molecular weight excluding hydrogens is 707 g/mol. The van der Waals surface area contributed by atoms with Gasteiger partial charge in [-0.05, 0) is 51.4 Å². The van der Waals surface area contributed by atoms with Crippen LogP contribution < -0.4 is 0 Å². The van der Waals surface area contributed by atoms with E-state index in [1.54, 1.807) is 0 Å². The molecule has 0 amide bonds. The van der Waals surface area contributed by atoms with Gasteiger partial charge in [0.1, 0.15) is 43.2 Å². The molecule has 14 heteroatoms. The fourth-order valence-electron chi connectivity index (χ4n) is 5.26. The van der Waals surface area contributed by atoms with E-state index < -0.39 is 75.7 Å². The predicted molar refractivity (Wildman–Crippen MR) is 202 cm³/mol. The van der Waals surface area contributed by atoms with E-state index in [4.69, 9.17) is 18.5 Å². The lowest BCUT2D eigenvalue weighted by molar-refractivity contribution is -0.220. The van der Waals surface area contributed by atoms with Gasteiger partial charge in [-0.15, -0.1) is 0 Å². The van der Waals surface area contributed by atoms with Crippen molar-refractivity contribution < 1.29 is 63.1 Å². The van der Waals surface area contributed by atoms with Crippen molar-refractivity contribution >= 4 is 19.8 Å². The van der Waals surface area contributed by atoms with E-state index in [0.29, 0.717) is 19.3 Å². The van der Waals surface area contributed by atoms with Gasteiger partial charge in [0.15, 0.2) is 6.10 Å². The van der Waals surface area contributed by atoms with E-state index in [0.717, 1.165) is 64.2 Å². The zero-order valence-electron chi connectivity index (χ0n) is 31.5. The van der Waals surface area contributed by atoms with Gasteiger partial charge in [0.25, 0.3) is 0 Å². The van der Waals surface area contributed by atoms with Crippen LogP contribution >= 0.6 is 7.82 Å². The first-order valence-corrected chi connectivity index (χ1v) is 20.6. The van der Waals surface area contributed by atoms with Gasteiger partial charge < -0.3 is 39.9 Å². The van der Waals surface area contributed by atoms with E-state index in [1.807, 2.05) is 12.2 Å². The first kappa shape index (κ1) is 48.6. The maximum Gasteiger partial charge on any atom is 0.472 e. The molecule has 6 unspecified atom stereocenters. The summed E-state index contributed by atoms with van der Waals surface area (Å²) < 4.78 is 33.2. The van der Waals surface area contributed by atoms with Crippen LogP contribution in [0.2, 0.25) is 0 Å². The number of hydrogen-bond acceptors (Lipinski definition) is 12. The number of allylic oxidation sites excluding steroid dienone is 10. The number of aliphatic hydroxyl groups excluding tert-OH is 5. The fraction of sp³-hybridized carbons (Fsp3) is 0.692. The lowest BCUT2D eigenvalue weighted by atomic mass is 9.85. The molecule has 1 aliphatic carbocycles. The summed E-state index contributed by atoms with van der Waals surface area (Å²) in [6, 6.07) is 0. The van der Waals surface area contributed by atoms with Crippen LogP contribution in [-0.4, -0.2) is 98.3 Å². The van der Waals surface area contributed by atoms with E-state index in [9.17, 15) is 44.6 Å². The van der Waals surface area contributed by atoms with Crippen molar-refractivity contribution in [2.75, 3.05) is 13.2 Å². The molecule has 13 nitrogen and oxygen atoms in total. The molecule has 304 valence electrons. The molecule has 0 saturated heterocycles. The molecule has 1 saturated carbocycles. The van der Waals surface area contributed by atoms with Crippen molar-refractivity contribution in [1.29, 1.82) is 0 Å². The Morgan fingerprint density at radius 2 is 1.08 bits per heavy atom. The molecule has 1 aliphatic rings. The maximum atomic E-state index is 12.7. The molecule has 8 atom stereocenters. The Morgan fingerprint density at radius 3 is 1.62 bits per heavy atom. The summed E-state index contributed by atoms with van der Waals surface area (Å²) in [5.41, 5.74) is 0. The van der Waals surface area contributed by atoms with Crippen LogP contribution in [0.15, 0.2) is 60.8 Å².